The number of piperidine rings is 1. The molecule has 0 atom stereocenters. The van der Waals surface area contributed by atoms with Crippen LogP contribution in [0.4, 0.5) is 0 Å². The zero-order valence-corrected chi connectivity index (χ0v) is 13.8. The van der Waals surface area contributed by atoms with Gasteiger partial charge in [0.15, 0.2) is 0 Å². The van der Waals surface area contributed by atoms with E-state index in [1.54, 1.807) is 0 Å². The van der Waals surface area contributed by atoms with E-state index in [2.05, 4.69) is 55.3 Å². The summed E-state index contributed by atoms with van der Waals surface area (Å²) in [5.41, 5.74) is 1.31. The maximum Gasteiger partial charge on any atom is 0.119 e. The van der Waals surface area contributed by atoms with Crippen LogP contribution in [0.15, 0.2) is 24.3 Å². The number of hydrogen-bond donors (Lipinski definition) is 1. The van der Waals surface area contributed by atoms with Crippen molar-refractivity contribution in [2.24, 2.45) is 5.92 Å². The Morgan fingerprint density at radius 1 is 1.19 bits per heavy atom. The number of nitrogens with zero attached hydrogens (tertiary/aromatic N) is 1. The van der Waals surface area contributed by atoms with Crippen LogP contribution in [-0.4, -0.2) is 37.2 Å². The molecule has 1 aromatic carbocycles. The normalized spacial score (nSPS) is 17.3. The van der Waals surface area contributed by atoms with E-state index in [0.29, 0.717) is 6.04 Å². The minimum absolute atomic E-state index is 0.521. The molecule has 3 heteroatoms. The smallest absolute Gasteiger partial charge is 0.119 e. The van der Waals surface area contributed by atoms with Crippen LogP contribution in [0.3, 0.4) is 0 Å². The van der Waals surface area contributed by atoms with E-state index < -0.39 is 0 Å². The summed E-state index contributed by atoms with van der Waals surface area (Å²) in [5, 5.41) is 3.42. The molecular formula is C18H30N2O. The van der Waals surface area contributed by atoms with Gasteiger partial charge in [0.2, 0.25) is 0 Å². The van der Waals surface area contributed by atoms with Crippen LogP contribution in [0.2, 0.25) is 0 Å². The second-order valence-corrected chi connectivity index (χ2v) is 6.55. The standard InChI is InChI=1S/C18H30N2O/c1-15(2)19-14-17-4-6-18(7-5-17)21-13-12-20-10-8-16(3)9-11-20/h4-7,15-16,19H,8-14H2,1-3H3. The highest BCUT2D eigenvalue weighted by atomic mass is 16.5. The van der Waals surface area contributed by atoms with Gasteiger partial charge in [-0.15, -0.1) is 0 Å². The molecule has 1 heterocycles. The maximum absolute atomic E-state index is 5.85. The number of hydrogen-bond acceptors (Lipinski definition) is 3. The maximum atomic E-state index is 5.85. The van der Waals surface area contributed by atoms with Crippen molar-refractivity contribution in [2.75, 3.05) is 26.2 Å². The minimum Gasteiger partial charge on any atom is -0.492 e. The monoisotopic (exact) mass is 290 g/mol. The van der Waals surface area contributed by atoms with Crippen LogP contribution >= 0.6 is 0 Å². The Morgan fingerprint density at radius 3 is 2.48 bits per heavy atom. The van der Waals surface area contributed by atoms with Crippen molar-refractivity contribution in [3.8, 4) is 5.75 Å². The molecule has 0 aliphatic carbocycles. The van der Waals surface area contributed by atoms with E-state index in [1.807, 2.05) is 0 Å². The third-order valence-corrected chi connectivity index (χ3v) is 4.19. The average Bonchev–Trinajstić information content (AvgIpc) is 2.48. The van der Waals surface area contributed by atoms with Crippen molar-refractivity contribution in [3.63, 3.8) is 0 Å². The van der Waals surface area contributed by atoms with Crippen molar-refractivity contribution < 1.29 is 4.74 Å². The number of ether oxygens (including phenoxy) is 1. The Balaban J connectivity index is 1.66. The van der Waals surface area contributed by atoms with Crippen molar-refractivity contribution in [1.29, 1.82) is 0 Å². The fourth-order valence-corrected chi connectivity index (χ4v) is 2.60. The van der Waals surface area contributed by atoms with Gasteiger partial charge in [0, 0.05) is 19.1 Å². The molecule has 0 amide bonds. The van der Waals surface area contributed by atoms with Gasteiger partial charge in [0.25, 0.3) is 0 Å². The molecule has 3 nitrogen and oxygen atoms in total. The topological polar surface area (TPSA) is 24.5 Å². The average molecular weight is 290 g/mol. The Morgan fingerprint density at radius 2 is 1.86 bits per heavy atom. The Bertz CT molecular complexity index is 394. The highest BCUT2D eigenvalue weighted by Crippen LogP contribution is 2.16. The third kappa shape index (κ3) is 6.06. The van der Waals surface area contributed by atoms with E-state index >= 15 is 0 Å². The summed E-state index contributed by atoms with van der Waals surface area (Å²) in [6.07, 6.45) is 2.66. The quantitative estimate of drug-likeness (QED) is 0.834. The highest BCUT2D eigenvalue weighted by Gasteiger charge is 2.14. The van der Waals surface area contributed by atoms with E-state index in [1.165, 1.54) is 31.5 Å². The van der Waals surface area contributed by atoms with E-state index in [9.17, 15) is 0 Å². The highest BCUT2D eigenvalue weighted by molar-refractivity contribution is 5.27. The lowest BCUT2D eigenvalue weighted by Gasteiger charge is -2.29. The molecule has 0 saturated carbocycles. The summed E-state index contributed by atoms with van der Waals surface area (Å²) in [7, 11) is 0. The zero-order valence-electron chi connectivity index (χ0n) is 13.8. The van der Waals surface area contributed by atoms with Crippen LogP contribution in [0.1, 0.15) is 39.2 Å². The van der Waals surface area contributed by atoms with Crippen molar-refractivity contribution in [1.82, 2.24) is 10.2 Å². The predicted octanol–water partition coefficient (Wildman–Crippen LogP) is 3.30. The first kappa shape index (κ1) is 16.3. The Kier molecular flexibility index (Phi) is 6.52. The SMILES string of the molecule is CC1CCN(CCOc2ccc(CNC(C)C)cc2)CC1. The van der Waals surface area contributed by atoms with Crippen LogP contribution in [-0.2, 0) is 6.54 Å². The van der Waals surface area contributed by atoms with Gasteiger partial charge in [-0.05, 0) is 49.5 Å². The van der Waals surface area contributed by atoms with Gasteiger partial charge in [-0.3, -0.25) is 4.90 Å². The minimum atomic E-state index is 0.521. The Labute approximate surface area is 129 Å². The predicted molar refractivity (Wildman–Crippen MR) is 88.8 cm³/mol. The molecule has 1 aromatic rings. The van der Waals surface area contributed by atoms with E-state index in [-0.39, 0.29) is 0 Å². The van der Waals surface area contributed by atoms with Gasteiger partial charge >= 0.3 is 0 Å². The van der Waals surface area contributed by atoms with Gasteiger partial charge in [-0.25, -0.2) is 0 Å². The number of benzene rings is 1. The molecule has 0 unspecified atom stereocenters. The Hall–Kier alpha value is -1.06. The van der Waals surface area contributed by atoms with Crippen molar-refractivity contribution in [2.45, 2.75) is 46.2 Å². The van der Waals surface area contributed by atoms with Gasteiger partial charge in [-0.1, -0.05) is 32.9 Å². The second-order valence-electron chi connectivity index (χ2n) is 6.55. The first-order chi connectivity index (χ1) is 10.1. The van der Waals surface area contributed by atoms with Gasteiger partial charge < -0.3 is 10.1 Å². The van der Waals surface area contributed by atoms with Gasteiger partial charge in [-0.2, -0.15) is 0 Å². The molecular weight excluding hydrogens is 260 g/mol. The molecule has 1 fully saturated rings. The first-order valence-corrected chi connectivity index (χ1v) is 8.31. The van der Waals surface area contributed by atoms with Crippen LogP contribution in [0.5, 0.6) is 5.75 Å². The molecule has 1 aliphatic heterocycles. The second kappa shape index (κ2) is 8.40. The molecule has 0 radical (unpaired) electrons. The van der Waals surface area contributed by atoms with Gasteiger partial charge in [0.1, 0.15) is 12.4 Å². The summed E-state index contributed by atoms with van der Waals surface area (Å²) in [6.45, 7) is 11.9. The van der Waals surface area contributed by atoms with Crippen molar-refractivity contribution >= 4 is 0 Å². The summed E-state index contributed by atoms with van der Waals surface area (Å²) >= 11 is 0. The molecule has 2 rings (SSSR count). The molecule has 1 saturated heterocycles. The molecule has 1 aliphatic rings. The molecule has 0 spiro atoms. The van der Waals surface area contributed by atoms with Crippen LogP contribution in [0, 0.1) is 5.92 Å². The van der Waals surface area contributed by atoms with E-state index in [0.717, 1.165) is 31.4 Å². The number of rotatable bonds is 7. The summed E-state index contributed by atoms with van der Waals surface area (Å²) < 4.78 is 5.85. The number of likely N-dealkylation sites (tertiary alicyclic amines) is 1. The van der Waals surface area contributed by atoms with Gasteiger partial charge in [0.05, 0.1) is 0 Å². The molecule has 21 heavy (non-hydrogen) atoms. The molecule has 0 bridgehead atoms. The molecule has 118 valence electrons. The third-order valence-electron chi connectivity index (χ3n) is 4.19. The summed E-state index contributed by atoms with van der Waals surface area (Å²) in [5.74, 6) is 1.88. The van der Waals surface area contributed by atoms with E-state index in [4.69, 9.17) is 4.74 Å². The summed E-state index contributed by atoms with van der Waals surface area (Å²) in [6, 6.07) is 8.97. The number of nitrogens with one attached hydrogen (secondary N) is 1. The molecule has 0 aromatic heterocycles. The van der Waals surface area contributed by atoms with Crippen LogP contribution < -0.4 is 10.1 Å². The fraction of sp³-hybridized carbons (Fsp3) is 0.667. The largest absolute Gasteiger partial charge is 0.492 e. The lowest BCUT2D eigenvalue weighted by atomic mass is 9.99. The first-order valence-electron chi connectivity index (χ1n) is 8.31. The summed E-state index contributed by atoms with van der Waals surface area (Å²) in [4.78, 5) is 2.51. The fourth-order valence-electron chi connectivity index (χ4n) is 2.60. The van der Waals surface area contributed by atoms with Crippen LogP contribution in [0.25, 0.3) is 0 Å². The lowest BCUT2D eigenvalue weighted by Crippen LogP contribution is -2.35. The zero-order chi connectivity index (χ0) is 15.1. The van der Waals surface area contributed by atoms with Crippen molar-refractivity contribution in [3.05, 3.63) is 29.8 Å². The molecule has 1 N–H and O–H groups in total. The lowest BCUT2D eigenvalue weighted by molar-refractivity contribution is 0.160.